The lowest BCUT2D eigenvalue weighted by molar-refractivity contribution is 0.415. The molecule has 0 aliphatic carbocycles. The van der Waals surface area contributed by atoms with Gasteiger partial charge in [-0.25, -0.2) is 4.68 Å². The molecule has 8 nitrogen and oxygen atoms in total. The summed E-state index contributed by atoms with van der Waals surface area (Å²) in [5, 5.41) is 13.7. The van der Waals surface area contributed by atoms with Crippen molar-refractivity contribution in [3.8, 4) is 22.8 Å². The molecule has 4 heterocycles. The Hall–Kier alpha value is -4.98. The third-order valence-corrected chi connectivity index (χ3v) is 5.98. The predicted octanol–water partition coefficient (Wildman–Crippen LogP) is 5.48. The highest BCUT2D eigenvalue weighted by Gasteiger charge is 2.16. The van der Waals surface area contributed by atoms with E-state index in [1.54, 1.807) is 31.9 Å². The van der Waals surface area contributed by atoms with E-state index in [1.807, 2.05) is 52.0 Å². The number of nitrogens with one attached hydrogen (secondary N) is 1. The minimum absolute atomic E-state index is 0.637. The van der Waals surface area contributed by atoms with Crippen molar-refractivity contribution >= 4 is 22.3 Å². The minimum Gasteiger partial charge on any atom is -0.493 e. The van der Waals surface area contributed by atoms with Crippen LogP contribution in [-0.4, -0.2) is 36.6 Å². The predicted molar refractivity (Wildman–Crippen MR) is 140 cm³/mol. The molecule has 0 fully saturated rings. The third-order valence-electron chi connectivity index (χ3n) is 5.98. The van der Waals surface area contributed by atoms with Crippen molar-refractivity contribution in [1.29, 1.82) is 0 Å². The average molecular weight is 474 g/mol. The Morgan fingerprint density at radius 3 is 2.53 bits per heavy atom. The van der Waals surface area contributed by atoms with Gasteiger partial charge in [-0.2, -0.15) is 10.2 Å². The second-order valence-electron chi connectivity index (χ2n) is 8.27. The summed E-state index contributed by atoms with van der Waals surface area (Å²) in [5.41, 5.74) is 6.51. The van der Waals surface area contributed by atoms with Gasteiger partial charge in [-0.3, -0.25) is 14.6 Å². The van der Waals surface area contributed by atoms with Crippen LogP contribution in [-0.2, 0) is 6.54 Å². The lowest BCUT2D eigenvalue weighted by atomic mass is 10.1. The highest BCUT2D eigenvalue weighted by atomic mass is 16.5. The SMILES string of the molecule is COc1cnc(-c2nn(Cc3ccc(-n4cccn4)cc3)c3ccccc23)cc1Nc1ccncc1. The van der Waals surface area contributed by atoms with Crippen molar-refractivity contribution in [3.05, 3.63) is 109 Å². The van der Waals surface area contributed by atoms with E-state index in [9.17, 15) is 0 Å². The van der Waals surface area contributed by atoms with Crippen LogP contribution < -0.4 is 10.1 Å². The Labute approximate surface area is 207 Å². The number of benzene rings is 2. The zero-order valence-electron chi connectivity index (χ0n) is 19.6. The molecule has 0 saturated carbocycles. The van der Waals surface area contributed by atoms with Crippen molar-refractivity contribution < 1.29 is 4.74 Å². The van der Waals surface area contributed by atoms with Gasteiger partial charge in [0.2, 0.25) is 0 Å². The molecule has 176 valence electrons. The quantitative estimate of drug-likeness (QED) is 0.331. The first kappa shape index (κ1) is 21.5. The van der Waals surface area contributed by atoms with E-state index in [-0.39, 0.29) is 0 Å². The van der Waals surface area contributed by atoms with E-state index in [4.69, 9.17) is 9.84 Å². The number of rotatable bonds is 7. The first-order chi connectivity index (χ1) is 17.8. The van der Waals surface area contributed by atoms with Gasteiger partial charge in [0.1, 0.15) is 5.69 Å². The molecule has 0 bridgehead atoms. The standard InChI is InChI=1S/C28H23N7O/c1-36-27-18-30-25(17-24(27)32-21-11-14-29-15-12-21)28-23-5-2-3-6-26(23)35(33-28)19-20-7-9-22(10-8-20)34-16-4-13-31-34/h2-18H,19H2,1H3,(H,29,30,32). The molecule has 0 aliphatic heterocycles. The maximum absolute atomic E-state index is 5.54. The van der Waals surface area contributed by atoms with Gasteiger partial charge < -0.3 is 10.1 Å². The van der Waals surface area contributed by atoms with Gasteiger partial charge in [-0.1, -0.05) is 30.3 Å². The van der Waals surface area contributed by atoms with E-state index in [0.717, 1.165) is 44.9 Å². The summed E-state index contributed by atoms with van der Waals surface area (Å²) in [5.74, 6) is 0.650. The van der Waals surface area contributed by atoms with E-state index in [2.05, 4.69) is 56.8 Å². The number of hydrogen-bond donors (Lipinski definition) is 1. The number of para-hydroxylation sites is 1. The number of anilines is 2. The molecule has 0 radical (unpaired) electrons. The van der Waals surface area contributed by atoms with Crippen LogP contribution in [0.3, 0.4) is 0 Å². The number of nitrogens with zero attached hydrogens (tertiary/aromatic N) is 6. The summed E-state index contributed by atoms with van der Waals surface area (Å²) in [7, 11) is 1.64. The van der Waals surface area contributed by atoms with Gasteiger partial charge in [-0.05, 0) is 48.0 Å². The monoisotopic (exact) mass is 473 g/mol. The average Bonchev–Trinajstić information content (AvgIpc) is 3.59. The molecule has 0 atom stereocenters. The first-order valence-corrected chi connectivity index (χ1v) is 11.5. The van der Waals surface area contributed by atoms with Crippen molar-refractivity contribution in [2.24, 2.45) is 0 Å². The Balaban J connectivity index is 1.36. The van der Waals surface area contributed by atoms with Crippen LogP contribution in [0.5, 0.6) is 5.75 Å². The summed E-state index contributed by atoms with van der Waals surface area (Å²) < 4.78 is 9.41. The molecule has 36 heavy (non-hydrogen) atoms. The zero-order valence-corrected chi connectivity index (χ0v) is 19.6. The van der Waals surface area contributed by atoms with Crippen LogP contribution in [0, 0.1) is 0 Å². The molecule has 6 rings (SSSR count). The smallest absolute Gasteiger partial charge is 0.160 e. The third kappa shape index (κ3) is 4.16. The summed E-state index contributed by atoms with van der Waals surface area (Å²) in [6.45, 7) is 0.637. The molecule has 2 aromatic carbocycles. The fourth-order valence-corrected chi connectivity index (χ4v) is 4.21. The lowest BCUT2D eigenvalue weighted by Crippen LogP contribution is -2.03. The molecule has 8 heteroatoms. The van der Waals surface area contributed by atoms with Gasteiger partial charge in [0, 0.05) is 35.9 Å². The van der Waals surface area contributed by atoms with Crippen molar-refractivity contribution in [3.63, 3.8) is 0 Å². The summed E-state index contributed by atoms with van der Waals surface area (Å²) in [4.78, 5) is 8.75. The first-order valence-electron chi connectivity index (χ1n) is 11.5. The number of pyridine rings is 2. The van der Waals surface area contributed by atoms with E-state index in [1.165, 1.54) is 0 Å². The number of hydrogen-bond acceptors (Lipinski definition) is 6. The number of methoxy groups -OCH3 is 1. The fourth-order valence-electron chi connectivity index (χ4n) is 4.21. The fraction of sp³-hybridized carbons (Fsp3) is 0.0714. The van der Waals surface area contributed by atoms with Crippen molar-refractivity contribution in [2.45, 2.75) is 6.54 Å². The van der Waals surface area contributed by atoms with E-state index < -0.39 is 0 Å². The molecule has 0 amide bonds. The number of aromatic nitrogens is 6. The molecule has 0 aliphatic rings. The molecule has 0 saturated heterocycles. The maximum Gasteiger partial charge on any atom is 0.160 e. The summed E-state index contributed by atoms with van der Waals surface area (Å²) >= 11 is 0. The Bertz CT molecular complexity index is 1610. The van der Waals surface area contributed by atoms with Crippen LogP contribution in [0.15, 0.2) is 104 Å². The van der Waals surface area contributed by atoms with Gasteiger partial charge in [-0.15, -0.1) is 0 Å². The van der Waals surface area contributed by atoms with Gasteiger partial charge >= 0.3 is 0 Å². The van der Waals surface area contributed by atoms with Crippen LogP contribution in [0.25, 0.3) is 28.0 Å². The van der Waals surface area contributed by atoms with Crippen LogP contribution in [0.4, 0.5) is 11.4 Å². The maximum atomic E-state index is 5.54. The van der Waals surface area contributed by atoms with Crippen LogP contribution in [0.1, 0.15) is 5.56 Å². The van der Waals surface area contributed by atoms with Crippen molar-refractivity contribution in [2.75, 3.05) is 12.4 Å². The highest BCUT2D eigenvalue weighted by molar-refractivity contribution is 5.93. The molecule has 6 aromatic rings. The number of ether oxygens (including phenoxy) is 1. The lowest BCUT2D eigenvalue weighted by Gasteiger charge is -2.12. The minimum atomic E-state index is 0.637. The normalized spacial score (nSPS) is 11.0. The van der Waals surface area contributed by atoms with Gasteiger partial charge in [0.15, 0.2) is 5.75 Å². The second-order valence-corrected chi connectivity index (χ2v) is 8.27. The van der Waals surface area contributed by atoms with E-state index >= 15 is 0 Å². The van der Waals surface area contributed by atoms with E-state index in [0.29, 0.717) is 12.3 Å². The number of fused-ring (bicyclic) bond motifs is 1. The zero-order chi connectivity index (χ0) is 24.3. The Kier molecular flexibility index (Phi) is 5.59. The highest BCUT2D eigenvalue weighted by Crippen LogP contribution is 2.33. The van der Waals surface area contributed by atoms with Crippen molar-refractivity contribution in [1.82, 2.24) is 29.5 Å². The summed E-state index contributed by atoms with van der Waals surface area (Å²) in [6, 6.07) is 24.3. The molecular formula is C28H23N7O. The largest absolute Gasteiger partial charge is 0.493 e. The molecule has 1 N–H and O–H groups in total. The van der Waals surface area contributed by atoms with Crippen LogP contribution >= 0.6 is 0 Å². The molecular weight excluding hydrogens is 450 g/mol. The second kappa shape index (κ2) is 9.34. The van der Waals surface area contributed by atoms with Crippen LogP contribution in [0.2, 0.25) is 0 Å². The Morgan fingerprint density at radius 2 is 1.75 bits per heavy atom. The summed E-state index contributed by atoms with van der Waals surface area (Å²) in [6.07, 6.45) is 8.92. The van der Waals surface area contributed by atoms with Gasteiger partial charge in [0.05, 0.1) is 42.4 Å². The molecule has 4 aromatic heterocycles. The molecule has 0 unspecified atom stereocenters. The van der Waals surface area contributed by atoms with Gasteiger partial charge in [0.25, 0.3) is 0 Å². The topological polar surface area (TPSA) is 82.7 Å². The molecule has 0 spiro atoms. The Morgan fingerprint density at radius 1 is 0.917 bits per heavy atom.